The minimum atomic E-state index is -0.513. The fourth-order valence-electron chi connectivity index (χ4n) is 2.38. The van der Waals surface area contributed by atoms with Crippen molar-refractivity contribution < 1.29 is 9.72 Å². The molecule has 1 N–H and O–H groups in total. The zero-order chi connectivity index (χ0) is 15.7. The van der Waals surface area contributed by atoms with Crippen LogP contribution in [0.5, 0.6) is 0 Å². The summed E-state index contributed by atoms with van der Waals surface area (Å²) in [6.07, 6.45) is 0. The number of para-hydroxylation sites is 1. The Hall–Kier alpha value is -3.46. The van der Waals surface area contributed by atoms with E-state index >= 15 is 0 Å². The molecule has 22 heavy (non-hydrogen) atoms. The summed E-state index contributed by atoms with van der Waals surface area (Å²) in [4.78, 5) is 22.3. The number of carbonyl (C=O) groups is 1. The Labute approximate surface area is 125 Å². The monoisotopic (exact) mass is 291 g/mol. The van der Waals surface area contributed by atoms with Crippen LogP contribution in [0.4, 0.5) is 11.4 Å². The van der Waals surface area contributed by atoms with Crippen LogP contribution in [-0.4, -0.2) is 10.8 Å². The summed E-state index contributed by atoms with van der Waals surface area (Å²) in [6, 6.07) is 14.7. The molecule has 0 bridgehead atoms. The lowest BCUT2D eigenvalue weighted by molar-refractivity contribution is -0.384. The van der Waals surface area contributed by atoms with Gasteiger partial charge in [-0.2, -0.15) is 5.26 Å². The van der Waals surface area contributed by atoms with Gasteiger partial charge in [0.05, 0.1) is 16.1 Å². The number of allylic oxidation sites excluding steroid dienone is 1. The van der Waals surface area contributed by atoms with E-state index in [0.29, 0.717) is 16.8 Å². The second-order valence-electron chi connectivity index (χ2n) is 4.67. The molecule has 1 heterocycles. The minimum Gasteiger partial charge on any atom is -0.321 e. The van der Waals surface area contributed by atoms with Crippen LogP contribution in [0.2, 0.25) is 0 Å². The highest BCUT2D eigenvalue weighted by atomic mass is 16.6. The third-order valence-corrected chi connectivity index (χ3v) is 3.40. The molecule has 0 aromatic heterocycles. The van der Waals surface area contributed by atoms with Crippen molar-refractivity contribution in [2.24, 2.45) is 0 Å². The van der Waals surface area contributed by atoms with E-state index in [-0.39, 0.29) is 22.7 Å². The number of nitriles is 1. The molecule has 0 unspecified atom stereocenters. The summed E-state index contributed by atoms with van der Waals surface area (Å²) in [5, 5.41) is 22.8. The number of carbonyl (C=O) groups excluding carboxylic acids is 1. The number of nitrogens with one attached hydrogen (secondary N) is 1. The largest absolute Gasteiger partial charge is 0.321 e. The van der Waals surface area contributed by atoms with E-state index in [0.717, 1.165) is 0 Å². The second kappa shape index (κ2) is 5.14. The molecule has 6 heteroatoms. The first-order chi connectivity index (χ1) is 10.6. The predicted molar refractivity (Wildman–Crippen MR) is 80.6 cm³/mol. The summed E-state index contributed by atoms with van der Waals surface area (Å²) >= 11 is 0. The first kappa shape index (κ1) is 13.5. The van der Waals surface area contributed by atoms with Crippen molar-refractivity contribution in [1.82, 2.24) is 0 Å². The standard InChI is InChI=1S/C16H9N3O3/c17-9-13(10-5-7-11(8-6-10)19(21)22)15-12-3-1-2-4-14(12)18-16(15)20/h1-8H,(H,18,20)/b15-13-. The predicted octanol–water partition coefficient (Wildman–Crippen LogP) is 2.98. The van der Waals surface area contributed by atoms with E-state index < -0.39 is 4.92 Å². The van der Waals surface area contributed by atoms with Gasteiger partial charge in [0.2, 0.25) is 0 Å². The number of amides is 1. The first-order valence-electron chi connectivity index (χ1n) is 6.42. The Balaban J connectivity index is 2.17. The van der Waals surface area contributed by atoms with Gasteiger partial charge in [0.15, 0.2) is 0 Å². The Morgan fingerprint density at radius 2 is 1.82 bits per heavy atom. The molecule has 0 fully saturated rings. The van der Waals surface area contributed by atoms with Crippen LogP contribution in [0.3, 0.4) is 0 Å². The van der Waals surface area contributed by atoms with Gasteiger partial charge in [-0.1, -0.05) is 18.2 Å². The van der Waals surface area contributed by atoms with Crippen LogP contribution >= 0.6 is 0 Å². The number of hydrogen-bond acceptors (Lipinski definition) is 4. The molecule has 2 aromatic rings. The summed E-state index contributed by atoms with van der Waals surface area (Å²) in [5.74, 6) is -0.351. The molecule has 1 amide bonds. The van der Waals surface area contributed by atoms with Crippen molar-refractivity contribution in [2.75, 3.05) is 5.32 Å². The van der Waals surface area contributed by atoms with E-state index in [4.69, 9.17) is 0 Å². The van der Waals surface area contributed by atoms with Crippen molar-refractivity contribution in [3.05, 3.63) is 69.8 Å². The smallest absolute Gasteiger partial charge is 0.269 e. The third-order valence-electron chi connectivity index (χ3n) is 3.40. The van der Waals surface area contributed by atoms with Gasteiger partial charge in [-0.15, -0.1) is 0 Å². The lowest BCUT2D eigenvalue weighted by Gasteiger charge is -2.03. The van der Waals surface area contributed by atoms with E-state index in [2.05, 4.69) is 5.32 Å². The van der Waals surface area contributed by atoms with Crippen LogP contribution in [0.1, 0.15) is 11.1 Å². The number of nitro groups is 1. The highest BCUT2D eigenvalue weighted by Crippen LogP contribution is 2.36. The van der Waals surface area contributed by atoms with Gasteiger partial charge in [0.25, 0.3) is 11.6 Å². The second-order valence-corrected chi connectivity index (χ2v) is 4.67. The zero-order valence-electron chi connectivity index (χ0n) is 11.2. The van der Waals surface area contributed by atoms with Crippen LogP contribution in [0.15, 0.2) is 48.5 Å². The number of benzene rings is 2. The summed E-state index contributed by atoms with van der Waals surface area (Å²) in [7, 11) is 0. The summed E-state index contributed by atoms with van der Waals surface area (Å²) in [5.41, 5.74) is 2.18. The topological polar surface area (TPSA) is 96.0 Å². The lowest BCUT2D eigenvalue weighted by Crippen LogP contribution is -2.05. The van der Waals surface area contributed by atoms with Gasteiger partial charge in [0, 0.05) is 23.4 Å². The van der Waals surface area contributed by atoms with E-state index in [1.165, 1.54) is 24.3 Å². The number of nitro benzene ring substituents is 1. The number of nitrogens with zero attached hydrogens (tertiary/aromatic N) is 2. The molecule has 6 nitrogen and oxygen atoms in total. The van der Waals surface area contributed by atoms with Crippen molar-refractivity contribution in [2.45, 2.75) is 0 Å². The number of non-ortho nitro benzene ring substituents is 1. The summed E-state index contributed by atoms with van der Waals surface area (Å²) in [6.45, 7) is 0. The molecule has 3 rings (SSSR count). The van der Waals surface area contributed by atoms with Gasteiger partial charge < -0.3 is 5.32 Å². The number of hydrogen-bond donors (Lipinski definition) is 1. The molecule has 106 valence electrons. The minimum absolute atomic E-state index is 0.0673. The molecule has 0 spiro atoms. The number of fused-ring (bicyclic) bond motifs is 1. The highest BCUT2D eigenvalue weighted by Gasteiger charge is 2.27. The van der Waals surface area contributed by atoms with E-state index in [1.807, 2.05) is 6.07 Å². The Kier molecular flexibility index (Phi) is 3.16. The van der Waals surface area contributed by atoms with Crippen LogP contribution in [0.25, 0.3) is 11.1 Å². The Morgan fingerprint density at radius 3 is 2.45 bits per heavy atom. The normalized spacial score (nSPS) is 14.8. The fraction of sp³-hybridized carbons (Fsp3) is 0. The summed E-state index contributed by atoms with van der Waals surface area (Å²) < 4.78 is 0. The van der Waals surface area contributed by atoms with E-state index in [9.17, 15) is 20.2 Å². The van der Waals surface area contributed by atoms with Crippen molar-refractivity contribution >= 4 is 28.4 Å². The SMILES string of the molecule is N#C/C(=C1/C(=O)Nc2ccccc21)c1ccc([N+](=O)[O-])cc1. The Bertz CT molecular complexity index is 861. The average Bonchev–Trinajstić information content (AvgIpc) is 2.85. The molecular formula is C16H9N3O3. The van der Waals surface area contributed by atoms with Gasteiger partial charge in [0.1, 0.15) is 6.07 Å². The molecule has 0 aliphatic carbocycles. The molecule has 0 radical (unpaired) electrons. The molecular weight excluding hydrogens is 282 g/mol. The molecule has 0 atom stereocenters. The molecule has 0 saturated heterocycles. The van der Waals surface area contributed by atoms with Crippen molar-refractivity contribution in [3.63, 3.8) is 0 Å². The Morgan fingerprint density at radius 1 is 1.14 bits per heavy atom. The molecule has 0 saturated carbocycles. The quantitative estimate of drug-likeness (QED) is 0.398. The highest BCUT2D eigenvalue weighted by molar-refractivity contribution is 6.38. The first-order valence-corrected chi connectivity index (χ1v) is 6.42. The number of anilines is 1. The van der Waals surface area contributed by atoms with Gasteiger partial charge in [-0.3, -0.25) is 14.9 Å². The molecule has 1 aliphatic rings. The van der Waals surface area contributed by atoms with Gasteiger partial charge in [-0.25, -0.2) is 0 Å². The lowest BCUT2D eigenvalue weighted by atomic mass is 9.96. The molecule has 1 aliphatic heterocycles. The van der Waals surface area contributed by atoms with Crippen LogP contribution in [-0.2, 0) is 4.79 Å². The van der Waals surface area contributed by atoms with Crippen molar-refractivity contribution in [3.8, 4) is 6.07 Å². The maximum atomic E-state index is 12.2. The van der Waals surface area contributed by atoms with Crippen molar-refractivity contribution in [1.29, 1.82) is 5.26 Å². The maximum absolute atomic E-state index is 12.2. The van der Waals surface area contributed by atoms with Gasteiger partial charge >= 0.3 is 0 Å². The zero-order valence-corrected chi connectivity index (χ0v) is 11.2. The maximum Gasteiger partial charge on any atom is 0.269 e. The molecule has 2 aromatic carbocycles. The fourth-order valence-corrected chi connectivity index (χ4v) is 2.38. The van der Waals surface area contributed by atoms with E-state index in [1.54, 1.807) is 24.3 Å². The van der Waals surface area contributed by atoms with Gasteiger partial charge in [-0.05, 0) is 23.8 Å². The van der Waals surface area contributed by atoms with Crippen LogP contribution < -0.4 is 5.32 Å². The van der Waals surface area contributed by atoms with Crippen LogP contribution in [0, 0.1) is 21.4 Å². The third kappa shape index (κ3) is 2.11. The average molecular weight is 291 g/mol. The number of rotatable bonds is 2.